The predicted octanol–water partition coefficient (Wildman–Crippen LogP) is 0.428. The average molecular weight is 147 g/mol. The zero-order valence-electron chi connectivity index (χ0n) is 5.79. The number of rotatable bonds is 2. The van der Waals surface area contributed by atoms with Gasteiger partial charge in [-0.3, -0.25) is 10.2 Å². The first-order chi connectivity index (χ1) is 5.24. The van der Waals surface area contributed by atoms with E-state index < -0.39 is 0 Å². The van der Waals surface area contributed by atoms with Crippen LogP contribution in [0.1, 0.15) is 11.1 Å². The topological polar surface area (TPSA) is 66.9 Å². The second-order valence-electron chi connectivity index (χ2n) is 2.10. The van der Waals surface area contributed by atoms with Crippen LogP contribution < -0.4 is 5.73 Å². The van der Waals surface area contributed by atoms with Crippen molar-refractivity contribution in [2.75, 3.05) is 0 Å². The molecule has 3 heteroatoms. The third-order valence-corrected chi connectivity index (χ3v) is 1.29. The molecule has 0 aliphatic carbocycles. The van der Waals surface area contributed by atoms with Crippen LogP contribution in [0.4, 0.5) is 0 Å². The third-order valence-electron chi connectivity index (χ3n) is 1.29. The Kier molecular flexibility index (Phi) is 2.01. The van der Waals surface area contributed by atoms with Gasteiger partial charge < -0.3 is 5.73 Å². The van der Waals surface area contributed by atoms with Crippen molar-refractivity contribution in [1.29, 1.82) is 5.41 Å². The van der Waals surface area contributed by atoms with Crippen molar-refractivity contribution in [3.05, 3.63) is 35.4 Å². The van der Waals surface area contributed by atoms with Gasteiger partial charge in [0.2, 0.25) is 6.29 Å². The van der Waals surface area contributed by atoms with Crippen LogP contribution in [0.2, 0.25) is 0 Å². The number of hydrogen-bond acceptors (Lipinski definition) is 2. The molecule has 0 aromatic heterocycles. The number of benzene rings is 1. The van der Waals surface area contributed by atoms with Crippen molar-refractivity contribution in [3.8, 4) is 0 Å². The molecule has 0 saturated carbocycles. The van der Waals surface area contributed by atoms with Crippen LogP contribution in [-0.2, 0) is 4.79 Å². The van der Waals surface area contributed by atoms with E-state index >= 15 is 0 Å². The molecule has 1 aromatic carbocycles. The van der Waals surface area contributed by atoms with E-state index in [-0.39, 0.29) is 5.84 Å². The van der Waals surface area contributed by atoms with Gasteiger partial charge in [-0.2, -0.15) is 0 Å². The maximum Gasteiger partial charge on any atom is 0.233 e. The van der Waals surface area contributed by atoms with Crippen LogP contribution in [0.5, 0.6) is 0 Å². The van der Waals surface area contributed by atoms with E-state index in [0.717, 1.165) is 0 Å². The predicted molar refractivity (Wildman–Crippen MR) is 42.3 cm³/mol. The number of amidine groups is 1. The van der Waals surface area contributed by atoms with Gasteiger partial charge in [0.1, 0.15) is 5.84 Å². The molecule has 0 unspecified atom stereocenters. The van der Waals surface area contributed by atoms with Crippen LogP contribution in [0.3, 0.4) is 0 Å². The minimum Gasteiger partial charge on any atom is -0.384 e. The first kappa shape index (κ1) is 7.47. The highest BCUT2D eigenvalue weighted by Gasteiger charge is 1.96. The molecule has 0 aliphatic heterocycles. The van der Waals surface area contributed by atoms with E-state index in [4.69, 9.17) is 11.1 Å². The van der Waals surface area contributed by atoms with Crippen LogP contribution in [0.25, 0.3) is 0 Å². The molecule has 1 aromatic rings. The van der Waals surface area contributed by atoms with E-state index in [1.165, 1.54) is 6.07 Å². The smallest absolute Gasteiger partial charge is 0.233 e. The molecule has 0 fully saturated rings. The number of nitrogen functional groups attached to an aromatic ring is 1. The van der Waals surface area contributed by atoms with Crippen LogP contribution in [0.15, 0.2) is 24.3 Å². The summed E-state index contributed by atoms with van der Waals surface area (Å²) < 4.78 is 0. The Labute approximate surface area is 64.3 Å². The summed E-state index contributed by atoms with van der Waals surface area (Å²) in [4.78, 5) is 10.1. The van der Waals surface area contributed by atoms with Crippen molar-refractivity contribution in [1.82, 2.24) is 0 Å². The summed E-state index contributed by atoms with van der Waals surface area (Å²) in [5.41, 5.74) is 6.15. The number of nitrogens with two attached hydrogens (primary N) is 1. The van der Waals surface area contributed by atoms with Gasteiger partial charge >= 0.3 is 0 Å². The first-order valence-corrected chi connectivity index (χ1v) is 3.06. The molecule has 0 saturated heterocycles. The molecule has 1 rings (SSSR count). The minimum atomic E-state index is -0.0397. The normalized spacial score (nSPS) is 9.09. The highest BCUT2D eigenvalue weighted by atomic mass is 16.1. The molecular weight excluding hydrogens is 140 g/mol. The molecule has 3 N–H and O–H groups in total. The van der Waals surface area contributed by atoms with Gasteiger partial charge in [0.25, 0.3) is 0 Å². The van der Waals surface area contributed by atoms with Crippen molar-refractivity contribution in [3.63, 3.8) is 0 Å². The second-order valence-corrected chi connectivity index (χ2v) is 2.10. The SMILES string of the molecule is N=C(N)c1cccc([C]=O)c1. The average Bonchev–Trinajstić information content (AvgIpc) is 2.05. The van der Waals surface area contributed by atoms with Crippen molar-refractivity contribution >= 4 is 12.1 Å². The zero-order chi connectivity index (χ0) is 8.27. The molecule has 0 amide bonds. The summed E-state index contributed by atoms with van der Waals surface area (Å²) in [6.45, 7) is 0. The molecule has 0 aliphatic rings. The van der Waals surface area contributed by atoms with Crippen molar-refractivity contribution in [2.24, 2.45) is 5.73 Å². The lowest BCUT2D eigenvalue weighted by Crippen LogP contribution is -2.10. The summed E-state index contributed by atoms with van der Waals surface area (Å²) in [5.74, 6) is -0.0397. The maximum absolute atomic E-state index is 10.1. The Morgan fingerprint density at radius 2 is 2.27 bits per heavy atom. The lowest BCUT2D eigenvalue weighted by Gasteiger charge is -1.96. The Morgan fingerprint density at radius 3 is 2.82 bits per heavy atom. The number of carbonyl (C=O) groups excluding carboxylic acids is 1. The van der Waals surface area contributed by atoms with Crippen molar-refractivity contribution in [2.45, 2.75) is 0 Å². The Balaban J connectivity index is 3.10. The van der Waals surface area contributed by atoms with Gasteiger partial charge in [0.15, 0.2) is 0 Å². The quantitative estimate of drug-likeness (QED) is 0.470. The Bertz CT molecular complexity index is 294. The molecule has 3 nitrogen and oxygen atoms in total. The largest absolute Gasteiger partial charge is 0.384 e. The van der Waals surface area contributed by atoms with Crippen molar-refractivity contribution < 1.29 is 4.79 Å². The third kappa shape index (κ3) is 1.64. The second kappa shape index (κ2) is 2.96. The Morgan fingerprint density at radius 1 is 1.55 bits per heavy atom. The summed E-state index contributed by atoms with van der Waals surface area (Å²) in [7, 11) is 0. The number of nitrogens with one attached hydrogen (secondary N) is 1. The monoisotopic (exact) mass is 147 g/mol. The molecule has 11 heavy (non-hydrogen) atoms. The molecule has 0 bridgehead atoms. The summed E-state index contributed by atoms with van der Waals surface area (Å²) >= 11 is 0. The van der Waals surface area contributed by atoms with Crippen LogP contribution in [-0.4, -0.2) is 12.1 Å². The van der Waals surface area contributed by atoms with E-state index in [0.29, 0.717) is 11.1 Å². The number of hydrogen-bond donors (Lipinski definition) is 2. The molecule has 1 radical (unpaired) electrons. The zero-order valence-corrected chi connectivity index (χ0v) is 5.79. The van der Waals surface area contributed by atoms with Gasteiger partial charge in [-0.25, -0.2) is 0 Å². The molecule has 0 atom stereocenters. The maximum atomic E-state index is 10.1. The van der Waals surface area contributed by atoms with E-state index in [9.17, 15) is 4.79 Å². The van der Waals surface area contributed by atoms with Gasteiger partial charge in [-0.1, -0.05) is 18.2 Å². The lowest BCUT2D eigenvalue weighted by atomic mass is 10.1. The lowest BCUT2D eigenvalue weighted by molar-refractivity contribution is 0.563. The minimum absolute atomic E-state index is 0.0397. The molecule has 55 valence electrons. The standard InChI is InChI=1S/C8H7N2O/c9-8(10)7-3-1-2-6(4-7)5-11/h1-4H,(H3,9,10). The highest BCUT2D eigenvalue weighted by Crippen LogP contribution is 2.01. The fourth-order valence-corrected chi connectivity index (χ4v) is 0.750. The van der Waals surface area contributed by atoms with E-state index in [2.05, 4.69) is 0 Å². The summed E-state index contributed by atoms with van der Waals surface area (Å²) in [5, 5.41) is 7.06. The molecule has 0 heterocycles. The van der Waals surface area contributed by atoms with Gasteiger partial charge in [-0.05, 0) is 6.07 Å². The Hall–Kier alpha value is -1.64. The highest BCUT2D eigenvalue weighted by molar-refractivity contribution is 5.96. The molecule has 0 spiro atoms. The van der Waals surface area contributed by atoms with E-state index in [1.54, 1.807) is 24.5 Å². The van der Waals surface area contributed by atoms with Gasteiger partial charge in [0, 0.05) is 11.1 Å². The fraction of sp³-hybridized carbons (Fsp3) is 0. The van der Waals surface area contributed by atoms with Gasteiger partial charge in [0.05, 0.1) is 0 Å². The van der Waals surface area contributed by atoms with E-state index in [1.807, 2.05) is 0 Å². The summed E-state index contributed by atoms with van der Waals surface area (Å²) in [6, 6.07) is 6.47. The van der Waals surface area contributed by atoms with Crippen LogP contribution >= 0.6 is 0 Å². The van der Waals surface area contributed by atoms with Crippen LogP contribution in [0, 0.1) is 5.41 Å². The summed E-state index contributed by atoms with van der Waals surface area (Å²) in [6.07, 6.45) is 1.72. The first-order valence-electron chi connectivity index (χ1n) is 3.06. The fourth-order valence-electron chi connectivity index (χ4n) is 0.750. The van der Waals surface area contributed by atoms with Gasteiger partial charge in [-0.15, -0.1) is 0 Å². The molecular formula is C8H7N2O.